The number of hydrogen-bond acceptors (Lipinski definition) is 3. The topological polar surface area (TPSA) is 84.2 Å². The first-order valence-electron chi connectivity index (χ1n) is 10.8. The lowest BCUT2D eigenvalue weighted by Crippen LogP contribution is -2.24. The first-order valence-corrected chi connectivity index (χ1v) is 11.2. The van der Waals surface area contributed by atoms with E-state index in [1.807, 2.05) is 41.2 Å². The van der Waals surface area contributed by atoms with Crippen LogP contribution in [0, 0.1) is 0 Å². The van der Waals surface area contributed by atoms with Crippen LogP contribution in [0.3, 0.4) is 0 Å². The van der Waals surface area contributed by atoms with E-state index in [0.717, 1.165) is 41.3 Å². The standard InChI is InChI=1S/C26H22ClN3O3/c27-20-5-1-3-17(11-20)15-30-24-22(12-19-4-2-6-21(19)23(24)14-29-30)25(31)28-13-16-7-9-18(10-8-16)26(32)33/h1,3,5,7-12,14H,2,4,6,13,15H2,(H,28,31)(H,32,33). The Balaban J connectivity index is 1.47. The van der Waals surface area contributed by atoms with Crippen LogP contribution in [0.15, 0.2) is 60.8 Å². The number of amides is 1. The van der Waals surface area contributed by atoms with Crippen molar-refractivity contribution in [3.8, 4) is 0 Å². The summed E-state index contributed by atoms with van der Waals surface area (Å²) in [4.78, 5) is 24.3. The fourth-order valence-corrected chi connectivity index (χ4v) is 4.72. The molecule has 33 heavy (non-hydrogen) atoms. The Hall–Kier alpha value is -3.64. The number of rotatable bonds is 6. The van der Waals surface area contributed by atoms with E-state index in [1.165, 1.54) is 23.3 Å². The van der Waals surface area contributed by atoms with Crippen LogP contribution in [0.5, 0.6) is 0 Å². The molecule has 0 bridgehead atoms. The maximum absolute atomic E-state index is 13.3. The molecule has 4 aromatic rings. The molecule has 0 aliphatic heterocycles. The van der Waals surface area contributed by atoms with Crippen molar-refractivity contribution in [2.24, 2.45) is 0 Å². The van der Waals surface area contributed by atoms with Gasteiger partial charge in [-0.1, -0.05) is 35.9 Å². The Morgan fingerprint density at radius 1 is 1.06 bits per heavy atom. The zero-order chi connectivity index (χ0) is 22.9. The Morgan fingerprint density at radius 2 is 1.88 bits per heavy atom. The highest BCUT2D eigenvalue weighted by molar-refractivity contribution is 6.30. The van der Waals surface area contributed by atoms with Crippen LogP contribution in [0.2, 0.25) is 5.02 Å². The van der Waals surface area contributed by atoms with Gasteiger partial charge in [0.05, 0.1) is 29.4 Å². The Kier molecular flexibility index (Phi) is 5.60. The van der Waals surface area contributed by atoms with Gasteiger partial charge in [0.1, 0.15) is 0 Å². The molecule has 0 spiro atoms. The minimum absolute atomic E-state index is 0.176. The molecular formula is C26H22ClN3O3. The molecule has 2 N–H and O–H groups in total. The first-order chi connectivity index (χ1) is 16.0. The predicted octanol–water partition coefficient (Wildman–Crippen LogP) is 4.85. The number of carboxylic acids is 1. The van der Waals surface area contributed by atoms with Crippen molar-refractivity contribution in [3.63, 3.8) is 0 Å². The Morgan fingerprint density at radius 3 is 2.64 bits per heavy atom. The quantitative estimate of drug-likeness (QED) is 0.431. The smallest absolute Gasteiger partial charge is 0.335 e. The predicted molar refractivity (Wildman–Crippen MR) is 127 cm³/mol. The average Bonchev–Trinajstić information content (AvgIpc) is 3.44. The molecule has 6 nitrogen and oxygen atoms in total. The van der Waals surface area contributed by atoms with Crippen molar-refractivity contribution < 1.29 is 14.7 Å². The van der Waals surface area contributed by atoms with Crippen molar-refractivity contribution in [1.82, 2.24) is 15.1 Å². The van der Waals surface area contributed by atoms with Crippen molar-refractivity contribution in [2.45, 2.75) is 32.4 Å². The molecule has 166 valence electrons. The molecule has 3 aromatic carbocycles. The normalized spacial score (nSPS) is 12.6. The number of hydrogen-bond donors (Lipinski definition) is 2. The molecule has 1 aliphatic rings. The molecule has 7 heteroatoms. The summed E-state index contributed by atoms with van der Waals surface area (Å²) in [5.74, 6) is -1.15. The fourth-order valence-electron chi connectivity index (χ4n) is 4.51. The molecule has 0 radical (unpaired) electrons. The van der Waals surface area contributed by atoms with Gasteiger partial charge in [-0.15, -0.1) is 0 Å². The van der Waals surface area contributed by atoms with Crippen LogP contribution in [0.1, 0.15) is 49.4 Å². The summed E-state index contributed by atoms with van der Waals surface area (Å²) < 4.78 is 1.87. The third kappa shape index (κ3) is 4.22. The van der Waals surface area contributed by atoms with Gasteiger partial charge in [0.15, 0.2) is 0 Å². The van der Waals surface area contributed by atoms with Crippen molar-refractivity contribution in [3.05, 3.63) is 99.2 Å². The molecule has 1 aliphatic carbocycles. The second-order valence-electron chi connectivity index (χ2n) is 8.29. The summed E-state index contributed by atoms with van der Waals surface area (Å²) in [7, 11) is 0. The number of aromatic nitrogens is 2. The van der Waals surface area contributed by atoms with E-state index < -0.39 is 5.97 Å². The molecule has 1 amide bonds. The summed E-state index contributed by atoms with van der Waals surface area (Å²) in [5, 5.41) is 18.4. The maximum Gasteiger partial charge on any atom is 0.335 e. The lowest BCUT2D eigenvalue weighted by molar-refractivity contribution is 0.0696. The Bertz CT molecular complexity index is 1380. The zero-order valence-electron chi connectivity index (χ0n) is 17.8. The lowest BCUT2D eigenvalue weighted by atomic mass is 10.0. The third-order valence-electron chi connectivity index (χ3n) is 6.12. The number of nitrogens with zero attached hydrogens (tertiary/aromatic N) is 2. The van der Waals surface area contributed by atoms with E-state index in [4.69, 9.17) is 16.7 Å². The van der Waals surface area contributed by atoms with Gasteiger partial charge < -0.3 is 10.4 Å². The summed E-state index contributed by atoms with van der Waals surface area (Å²) in [6.07, 6.45) is 4.89. The van der Waals surface area contributed by atoms with Gasteiger partial charge in [0, 0.05) is 17.0 Å². The minimum Gasteiger partial charge on any atom is -0.478 e. The number of fused-ring (bicyclic) bond motifs is 3. The molecule has 0 atom stereocenters. The number of carbonyl (C=O) groups is 2. The van der Waals surface area contributed by atoms with Crippen LogP contribution < -0.4 is 5.32 Å². The lowest BCUT2D eigenvalue weighted by Gasteiger charge is -2.13. The molecule has 1 aromatic heterocycles. The number of aryl methyl sites for hydroxylation is 2. The van der Waals surface area contributed by atoms with Gasteiger partial charge in [0.25, 0.3) is 5.91 Å². The van der Waals surface area contributed by atoms with Crippen LogP contribution >= 0.6 is 11.6 Å². The van der Waals surface area contributed by atoms with Crippen LogP contribution in [-0.2, 0) is 25.9 Å². The van der Waals surface area contributed by atoms with Crippen molar-refractivity contribution in [1.29, 1.82) is 0 Å². The van der Waals surface area contributed by atoms with E-state index in [1.54, 1.807) is 12.1 Å². The molecule has 0 saturated heterocycles. The summed E-state index contributed by atoms with van der Waals surface area (Å²) in [6.45, 7) is 0.819. The highest BCUT2D eigenvalue weighted by atomic mass is 35.5. The van der Waals surface area contributed by atoms with Crippen molar-refractivity contribution >= 4 is 34.4 Å². The maximum atomic E-state index is 13.3. The van der Waals surface area contributed by atoms with Crippen LogP contribution in [0.25, 0.3) is 10.9 Å². The zero-order valence-corrected chi connectivity index (χ0v) is 18.6. The summed E-state index contributed by atoms with van der Waals surface area (Å²) >= 11 is 6.16. The van der Waals surface area contributed by atoms with E-state index in [0.29, 0.717) is 23.7 Å². The van der Waals surface area contributed by atoms with Gasteiger partial charge in [-0.2, -0.15) is 5.10 Å². The molecule has 5 rings (SSSR count). The number of benzene rings is 3. The van der Waals surface area contributed by atoms with Crippen LogP contribution in [0.4, 0.5) is 0 Å². The molecule has 0 fully saturated rings. The fraction of sp³-hybridized carbons (Fsp3) is 0.192. The SMILES string of the molecule is O=C(O)c1ccc(CNC(=O)c2cc3c(c4cnn(Cc5cccc(Cl)c5)c24)CCC3)cc1. The second-order valence-corrected chi connectivity index (χ2v) is 8.73. The highest BCUT2D eigenvalue weighted by Crippen LogP contribution is 2.33. The number of halogens is 1. The van der Waals surface area contributed by atoms with E-state index in [9.17, 15) is 9.59 Å². The third-order valence-corrected chi connectivity index (χ3v) is 6.35. The van der Waals surface area contributed by atoms with Crippen LogP contribution in [-0.4, -0.2) is 26.8 Å². The number of nitrogens with one attached hydrogen (secondary N) is 1. The van der Waals surface area contributed by atoms with Gasteiger partial charge in [-0.25, -0.2) is 4.79 Å². The highest BCUT2D eigenvalue weighted by Gasteiger charge is 2.23. The number of carbonyl (C=O) groups excluding carboxylic acids is 1. The van der Waals surface area contributed by atoms with E-state index in [-0.39, 0.29) is 11.5 Å². The average molecular weight is 460 g/mol. The van der Waals surface area contributed by atoms with Gasteiger partial charge in [-0.05, 0) is 71.8 Å². The van der Waals surface area contributed by atoms with E-state index >= 15 is 0 Å². The second kappa shape index (κ2) is 8.71. The monoisotopic (exact) mass is 459 g/mol. The molecule has 1 heterocycles. The molecular weight excluding hydrogens is 438 g/mol. The summed E-state index contributed by atoms with van der Waals surface area (Å²) in [6, 6.07) is 16.1. The summed E-state index contributed by atoms with van der Waals surface area (Å²) in [5.41, 5.74) is 5.98. The molecule has 0 saturated carbocycles. The molecule has 0 unspecified atom stereocenters. The van der Waals surface area contributed by atoms with Gasteiger partial charge >= 0.3 is 5.97 Å². The van der Waals surface area contributed by atoms with Gasteiger partial charge in [-0.3, -0.25) is 9.48 Å². The van der Waals surface area contributed by atoms with E-state index in [2.05, 4.69) is 10.4 Å². The van der Waals surface area contributed by atoms with Crippen molar-refractivity contribution in [2.75, 3.05) is 0 Å². The number of carboxylic acid groups (broad SMARTS) is 1. The van der Waals surface area contributed by atoms with Gasteiger partial charge in [0.2, 0.25) is 0 Å². The minimum atomic E-state index is -0.973. The Labute approximate surface area is 195 Å². The largest absolute Gasteiger partial charge is 0.478 e. The first kappa shape index (κ1) is 21.2. The number of aromatic carboxylic acids is 1.